The Balaban J connectivity index is 1.68. The van der Waals surface area contributed by atoms with Gasteiger partial charge in [0.2, 0.25) is 0 Å². The summed E-state index contributed by atoms with van der Waals surface area (Å²) in [6.45, 7) is 0.465. The molecule has 4 N–H and O–H groups in total. The molecule has 0 radical (unpaired) electrons. The highest BCUT2D eigenvalue weighted by Gasteiger charge is 2.11. The summed E-state index contributed by atoms with van der Waals surface area (Å²) in [5.41, 5.74) is 2.47. The van der Waals surface area contributed by atoms with Crippen LogP contribution in [0.3, 0.4) is 0 Å². The van der Waals surface area contributed by atoms with Crippen molar-refractivity contribution in [2.75, 3.05) is 18.5 Å². The Hall–Kier alpha value is -3.12. The number of hydrogen-bond donors (Lipinski definition) is 4. The third kappa shape index (κ3) is 3.87. The number of nitrogens with one attached hydrogen (secondary N) is 3. The van der Waals surface area contributed by atoms with E-state index in [2.05, 4.69) is 15.6 Å². The molecule has 0 bridgehead atoms. The van der Waals surface area contributed by atoms with Crippen LogP contribution in [0.5, 0.6) is 0 Å². The summed E-state index contributed by atoms with van der Waals surface area (Å²) in [7, 11) is 0. The molecule has 3 aromatic rings. The fourth-order valence-electron chi connectivity index (χ4n) is 2.56. The van der Waals surface area contributed by atoms with Gasteiger partial charge in [-0.1, -0.05) is 12.1 Å². The number of fused-ring (bicyclic) bond motifs is 1. The first kappa shape index (κ1) is 16.7. The Morgan fingerprint density at radius 3 is 2.56 bits per heavy atom. The third-order valence-corrected chi connectivity index (χ3v) is 3.86. The molecule has 1 aromatic heterocycles. The first-order valence-electron chi connectivity index (χ1n) is 8.05. The Morgan fingerprint density at radius 2 is 1.80 bits per heavy atom. The number of anilines is 1. The lowest BCUT2D eigenvalue weighted by Crippen LogP contribution is -2.25. The molecule has 0 atom stereocenters. The van der Waals surface area contributed by atoms with Crippen LogP contribution in [0.25, 0.3) is 10.9 Å². The lowest BCUT2D eigenvalue weighted by molar-refractivity contribution is 0.0950. The van der Waals surface area contributed by atoms with Crippen molar-refractivity contribution in [1.29, 1.82) is 0 Å². The molecule has 3 rings (SSSR count). The van der Waals surface area contributed by atoms with Crippen LogP contribution in [0.4, 0.5) is 5.69 Å². The highest BCUT2D eigenvalue weighted by molar-refractivity contribution is 6.12. The molecule has 1 heterocycles. The van der Waals surface area contributed by atoms with Gasteiger partial charge in [0.25, 0.3) is 11.8 Å². The van der Waals surface area contributed by atoms with Gasteiger partial charge in [0, 0.05) is 36.0 Å². The van der Waals surface area contributed by atoms with E-state index in [4.69, 9.17) is 5.11 Å². The summed E-state index contributed by atoms with van der Waals surface area (Å²) in [5, 5.41) is 15.2. The molecule has 0 fully saturated rings. The van der Waals surface area contributed by atoms with Gasteiger partial charge in [-0.25, -0.2) is 0 Å². The van der Waals surface area contributed by atoms with Crippen LogP contribution in [0, 0.1) is 0 Å². The highest BCUT2D eigenvalue weighted by Crippen LogP contribution is 2.19. The number of H-pyrrole nitrogens is 1. The number of benzene rings is 2. The van der Waals surface area contributed by atoms with Crippen molar-refractivity contribution in [3.63, 3.8) is 0 Å². The van der Waals surface area contributed by atoms with Gasteiger partial charge in [-0.2, -0.15) is 0 Å². The molecule has 2 amide bonds. The number of aromatic amines is 1. The van der Waals surface area contributed by atoms with Crippen LogP contribution in [-0.2, 0) is 0 Å². The summed E-state index contributed by atoms with van der Waals surface area (Å²) >= 11 is 0. The molecule has 6 nitrogen and oxygen atoms in total. The summed E-state index contributed by atoms with van der Waals surface area (Å²) in [4.78, 5) is 27.5. The topological polar surface area (TPSA) is 94.2 Å². The SMILES string of the molecule is O=C(NCCCO)c1ccc(NC(=O)c2cccc3cc[nH]c23)cc1. The number of aromatic nitrogens is 1. The molecular formula is C19H19N3O3. The Kier molecular flexibility index (Phi) is 5.11. The van der Waals surface area contributed by atoms with Crippen LogP contribution in [-0.4, -0.2) is 35.1 Å². The maximum Gasteiger partial charge on any atom is 0.257 e. The van der Waals surface area contributed by atoms with Gasteiger partial charge in [-0.15, -0.1) is 0 Å². The van der Waals surface area contributed by atoms with Crippen molar-refractivity contribution in [3.8, 4) is 0 Å². The number of amides is 2. The number of aliphatic hydroxyl groups is 1. The van der Waals surface area contributed by atoms with E-state index >= 15 is 0 Å². The summed E-state index contributed by atoms with van der Waals surface area (Å²) in [5.74, 6) is -0.421. The fraction of sp³-hybridized carbons (Fsp3) is 0.158. The van der Waals surface area contributed by atoms with Crippen LogP contribution in [0.1, 0.15) is 27.1 Å². The van der Waals surface area contributed by atoms with E-state index in [0.717, 1.165) is 10.9 Å². The Bertz CT molecular complexity index is 884. The van der Waals surface area contributed by atoms with Gasteiger partial charge in [0.1, 0.15) is 0 Å². The second-order valence-electron chi connectivity index (χ2n) is 5.61. The summed E-state index contributed by atoms with van der Waals surface area (Å²) in [6, 6.07) is 14.1. The number of carbonyl (C=O) groups is 2. The quantitative estimate of drug-likeness (QED) is 0.521. The van der Waals surface area contributed by atoms with Gasteiger partial charge in [-0.05, 0) is 42.8 Å². The molecule has 128 valence electrons. The van der Waals surface area contributed by atoms with E-state index in [1.54, 1.807) is 36.5 Å². The Labute approximate surface area is 144 Å². The number of para-hydroxylation sites is 1. The second kappa shape index (κ2) is 7.63. The molecule has 0 unspecified atom stereocenters. The average Bonchev–Trinajstić information content (AvgIpc) is 3.11. The zero-order valence-corrected chi connectivity index (χ0v) is 13.6. The number of rotatable bonds is 6. The molecule has 0 saturated carbocycles. The minimum Gasteiger partial charge on any atom is -0.396 e. The number of carbonyl (C=O) groups excluding carboxylic acids is 2. The van der Waals surface area contributed by atoms with E-state index in [-0.39, 0.29) is 18.4 Å². The van der Waals surface area contributed by atoms with Crippen LogP contribution in [0.15, 0.2) is 54.7 Å². The standard InChI is InChI=1S/C19H19N3O3/c23-12-2-10-21-18(24)14-5-7-15(8-6-14)22-19(25)16-4-1-3-13-9-11-20-17(13)16/h1,3-9,11,20,23H,2,10,12H2,(H,21,24)(H,22,25). The molecular weight excluding hydrogens is 318 g/mol. The minimum atomic E-state index is -0.215. The minimum absolute atomic E-state index is 0.0405. The van der Waals surface area contributed by atoms with E-state index in [1.807, 2.05) is 18.2 Å². The maximum atomic E-state index is 12.5. The third-order valence-electron chi connectivity index (χ3n) is 3.86. The molecule has 2 aromatic carbocycles. The van der Waals surface area contributed by atoms with Gasteiger partial charge in [0.15, 0.2) is 0 Å². The van der Waals surface area contributed by atoms with Crippen molar-refractivity contribution < 1.29 is 14.7 Å². The average molecular weight is 337 g/mol. The molecule has 6 heteroatoms. The number of aliphatic hydroxyl groups excluding tert-OH is 1. The van der Waals surface area contributed by atoms with Crippen molar-refractivity contribution in [3.05, 3.63) is 65.9 Å². The zero-order valence-electron chi connectivity index (χ0n) is 13.6. The number of hydrogen-bond acceptors (Lipinski definition) is 3. The van der Waals surface area contributed by atoms with E-state index in [1.165, 1.54) is 0 Å². The molecule has 25 heavy (non-hydrogen) atoms. The smallest absolute Gasteiger partial charge is 0.257 e. The normalized spacial score (nSPS) is 10.6. The lowest BCUT2D eigenvalue weighted by Gasteiger charge is -2.08. The first-order valence-corrected chi connectivity index (χ1v) is 8.05. The summed E-state index contributed by atoms with van der Waals surface area (Å²) < 4.78 is 0. The van der Waals surface area contributed by atoms with Crippen LogP contribution in [0.2, 0.25) is 0 Å². The van der Waals surface area contributed by atoms with Gasteiger partial charge in [0.05, 0.1) is 11.1 Å². The Morgan fingerprint density at radius 1 is 1.00 bits per heavy atom. The fourth-order valence-corrected chi connectivity index (χ4v) is 2.56. The van der Waals surface area contributed by atoms with Crippen molar-refractivity contribution in [2.24, 2.45) is 0 Å². The maximum absolute atomic E-state index is 12.5. The van der Waals surface area contributed by atoms with E-state index in [9.17, 15) is 9.59 Å². The second-order valence-corrected chi connectivity index (χ2v) is 5.61. The monoisotopic (exact) mass is 337 g/mol. The highest BCUT2D eigenvalue weighted by atomic mass is 16.3. The zero-order chi connectivity index (χ0) is 17.6. The molecule has 0 aliphatic rings. The molecule has 0 aliphatic carbocycles. The summed E-state index contributed by atoms with van der Waals surface area (Å²) in [6.07, 6.45) is 2.32. The van der Waals surface area contributed by atoms with E-state index < -0.39 is 0 Å². The van der Waals surface area contributed by atoms with Gasteiger partial charge < -0.3 is 20.7 Å². The van der Waals surface area contributed by atoms with Crippen LogP contribution >= 0.6 is 0 Å². The van der Waals surface area contributed by atoms with Crippen molar-refractivity contribution in [2.45, 2.75) is 6.42 Å². The largest absolute Gasteiger partial charge is 0.396 e. The predicted molar refractivity (Wildman–Crippen MR) is 96.7 cm³/mol. The molecule has 0 saturated heterocycles. The van der Waals surface area contributed by atoms with Crippen molar-refractivity contribution in [1.82, 2.24) is 10.3 Å². The van der Waals surface area contributed by atoms with Crippen LogP contribution < -0.4 is 10.6 Å². The van der Waals surface area contributed by atoms with Gasteiger partial charge in [-0.3, -0.25) is 9.59 Å². The molecule has 0 spiro atoms. The first-order chi connectivity index (χ1) is 12.2. The van der Waals surface area contributed by atoms with Crippen molar-refractivity contribution >= 4 is 28.4 Å². The molecule has 0 aliphatic heterocycles. The van der Waals surface area contributed by atoms with E-state index in [0.29, 0.717) is 29.8 Å². The lowest BCUT2D eigenvalue weighted by atomic mass is 10.1. The predicted octanol–water partition coefficient (Wildman–Crippen LogP) is 2.53. The van der Waals surface area contributed by atoms with Gasteiger partial charge >= 0.3 is 0 Å².